The van der Waals surface area contributed by atoms with Gasteiger partial charge < -0.3 is 8.37 Å². The van der Waals surface area contributed by atoms with E-state index in [2.05, 4.69) is 10.2 Å². The van der Waals surface area contributed by atoms with E-state index in [4.69, 9.17) is 19.4 Å². The molecule has 0 spiro atoms. The summed E-state index contributed by atoms with van der Waals surface area (Å²) in [5.74, 6) is 0.0918. The minimum Gasteiger partial charge on any atom is -0.387 e. The topological polar surface area (TPSA) is 159 Å². The van der Waals surface area contributed by atoms with Gasteiger partial charge in [0.1, 0.15) is 33.2 Å². The molecule has 0 aliphatic heterocycles. The summed E-state index contributed by atoms with van der Waals surface area (Å²) < 4.78 is 60.8. The number of rotatable bonds is 12. The van der Waals surface area contributed by atoms with Crippen LogP contribution in [0, 0.1) is 11.1 Å². The van der Waals surface area contributed by atoms with Gasteiger partial charge in [-0.15, -0.1) is 0 Å². The van der Waals surface area contributed by atoms with Gasteiger partial charge in [-0.2, -0.15) is 27.1 Å². The fourth-order valence-electron chi connectivity index (χ4n) is 3.74. The molecule has 12 heteroatoms. The lowest BCUT2D eigenvalue weighted by Gasteiger charge is -2.27. The molecule has 3 aromatic carbocycles. The van der Waals surface area contributed by atoms with E-state index in [-0.39, 0.29) is 26.9 Å². The summed E-state index contributed by atoms with van der Waals surface area (Å²) in [5, 5.41) is 6.47. The zero-order valence-electron chi connectivity index (χ0n) is 22.0. The maximum atomic E-state index is 12.7. The number of hydrogen-bond acceptors (Lipinski definition) is 10. The molecule has 0 aliphatic carbocycles. The molecular weight excluding hydrogens is 552 g/mol. The molecule has 0 bridgehead atoms. The Balaban J connectivity index is 1.81. The van der Waals surface area contributed by atoms with Crippen LogP contribution in [0.3, 0.4) is 0 Å². The van der Waals surface area contributed by atoms with Crippen molar-refractivity contribution in [2.75, 3.05) is 0 Å². The Labute approximate surface area is 233 Å². The summed E-state index contributed by atoms with van der Waals surface area (Å²) in [7, 11) is -8.38. The summed E-state index contributed by atoms with van der Waals surface area (Å²) in [4.78, 5) is -0.421. The van der Waals surface area contributed by atoms with Crippen LogP contribution in [0.5, 0.6) is 5.75 Å². The van der Waals surface area contributed by atoms with Crippen molar-refractivity contribution in [3.8, 4) is 5.75 Å². The molecule has 0 aromatic heterocycles. The second kappa shape index (κ2) is 12.6. The van der Waals surface area contributed by atoms with Gasteiger partial charge in [0.05, 0.1) is 0 Å². The van der Waals surface area contributed by atoms with Crippen molar-refractivity contribution in [2.24, 2.45) is 10.2 Å². The standard InChI is InChI=1S/C28H28N4O6S2/c1-4-10-21(11-9-20-37-39(33,34)26-14-7-5-12-24(26)31-29)28(2,3)22-16-18-23(19-17-22)38-40(35,36)27-15-8-6-13-25(27)32-30/h4-20,29-30H,1-3H3/b10-4-,20-9+,21-11+,31-29?,32-30?. The molecule has 0 saturated carbocycles. The monoisotopic (exact) mass is 580 g/mol. The number of hydrogen-bond donors (Lipinski definition) is 2. The first-order valence-electron chi connectivity index (χ1n) is 11.9. The molecule has 0 heterocycles. The van der Waals surface area contributed by atoms with Gasteiger partial charge in [-0.25, -0.2) is 11.1 Å². The maximum absolute atomic E-state index is 12.7. The van der Waals surface area contributed by atoms with Gasteiger partial charge in [0.25, 0.3) is 0 Å². The minimum atomic E-state index is -4.21. The Bertz CT molecular complexity index is 1690. The van der Waals surface area contributed by atoms with Gasteiger partial charge in [0.15, 0.2) is 0 Å². The molecule has 3 rings (SSSR count). The summed E-state index contributed by atoms with van der Waals surface area (Å²) in [6, 6.07) is 18.1. The molecule has 2 N–H and O–H groups in total. The Morgan fingerprint density at radius 1 is 0.800 bits per heavy atom. The van der Waals surface area contributed by atoms with Crippen LogP contribution in [0.4, 0.5) is 11.4 Å². The van der Waals surface area contributed by atoms with Crippen molar-refractivity contribution in [3.05, 3.63) is 114 Å². The molecule has 0 fully saturated rings. The second-order valence-corrected chi connectivity index (χ2v) is 11.9. The van der Waals surface area contributed by atoms with Gasteiger partial charge in [-0.05, 0) is 60.5 Å². The molecule has 0 aliphatic rings. The molecule has 3 aromatic rings. The Morgan fingerprint density at radius 3 is 1.85 bits per heavy atom. The lowest BCUT2D eigenvalue weighted by Crippen LogP contribution is -2.19. The van der Waals surface area contributed by atoms with Crippen LogP contribution in [0.1, 0.15) is 26.3 Å². The quantitative estimate of drug-likeness (QED) is 0.0977. The summed E-state index contributed by atoms with van der Waals surface area (Å²) >= 11 is 0. The minimum absolute atomic E-state index is 0.0261. The first-order valence-corrected chi connectivity index (χ1v) is 14.7. The van der Waals surface area contributed by atoms with Gasteiger partial charge in [-0.1, -0.05) is 68.5 Å². The summed E-state index contributed by atoms with van der Waals surface area (Å²) in [5.41, 5.74) is 15.4. The zero-order chi connectivity index (χ0) is 29.4. The van der Waals surface area contributed by atoms with Crippen LogP contribution in [0.2, 0.25) is 0 Å². The van der Waals surface area contributed by atoms with Gasteiger partial charge >= 0.3 is 20.2 Å². The molecule has 40 heavy (non-hydrogen) atoms. The highest BCUT2D eigenvalue weighted by Gasteiger charge is 2.25. The van der Waals surface area contributed by atoms with Crippen LogP contribution in [0.15, 0.2) is 129 Å². The number of allylic oxidation sites excluding steroid dienone is 5. The van der Waals surface area contributed by atoms with E-state index in [1.54, 1.807) is 30.3 Å². The predicted molar refractivity (Wildman–Crippen MR) is 150 cm³/mol. The number of benzene rings is 3. The van der Waals surface area contributed by atoms with Crippen LogP contribution in [0.25, 0.3) is 0 Å². The highest BCUT2D eigenvalue weighted by molar-refractivity contribution is 7.87. The molecule has 0 radical (unpaired) electrons. The molecule has 208 valence electrons. The smallest absolute Gasteiger partial charge is 0.341 e. The van der Waals surface area contributed by atoms with Gasteiger partial charge in [0, 0.05) is 5.41 Å². The van der Waals surface area contributed by atoms with E-state index < -0.39 is 25.7 Å². The Morgan fingerprint density at radius 2 is 1.32 bits per heavy atom. The third-order valence-corrected chi connectivity index (χ3v) is 8.44. The SMILES string of the molecule is C\C=C/C(=C\C=C\OS(=O)(=O)c1ccccc1N=N)C(C)(C)c1ccc(OS(=O)(=O)c2ccccc2N=N)cc1. The van der Waals surface area contributed by atoms with E-state index in [9.17, 15) is 16.8 Å². The fourth-order valence-corrected chi connectivity index (χ4v) is 5.74. The van der Waals surface area contributed by atoms with Crippen LogP contribution in [-0.2, 0) is 29.8 Å². The van der Waals surface area contributed by atoms with Gasteiger partial charge in [0.2, 0.25) is 0 Å². The second-order valence-electron chi connectivity index (χ2n) is 8.85. The molecule has 10 nitrogen and oxygen atoms in total. The Kier molecular flexibility index (Phi) is 9.51. The third kappa shape index (κ3) is 6.96. The molecule has 0 amide bonds. The molecule has 0 atom stereocenters. The van der Waals surface area contributed by atoms with Crippen molar-refractivity contribution in [1.29, 1.82) is 11.1 Å². The normalized spacial score (nSPS) is 12.9. The van der Waals surface area contributed by atoms with Crippen molar-refractivity contribution in [2.45, 2.75) is 36.0 Å². The van der Waals surface area contributed by atoms with E-state index >= 15 is 0 Å². The lowest BCUT2D eigenvalue weighted by atomic mass is 9.77. The van der Waals surface area contributed by atoms with E-state index in [1.165, 1.54) is 54.6 Å². The van der Waals surface area contributed by atoms with Crippen molar-refractivity contribution in [3.63, 3.8) is 0 Å². The fraction of sp³-hybridized carbons (Fsp3) is 0.143. The average molecular weight is 581 g/mol. The predicted octanol–water partition coefficient (Wildman–Crippen LogP) is 7.48. The van der Waals surface area contributed by atoms with E-state index in [0.29, 0.717) is 0 Å². The number of nitrogens with one attached hydrogen (secondary N) is 2. The van der Waals surface area contributed by atoms with Crippen LogP contribution < -0.4 is 4.18 Å². The first-order chi connectivity index (χ1) is 19.0. The number of para-hydroxylation sites is 2. The average Bonchev–Trinajstić information content (AvgIpc) is 2.94. The maximum Gasteiger partial charge on any atom is 0.341 e. The number of nitrogens with zero attached hydrogens (tertiary/aromatic N) is 2. The summed E-state index contributed by atoms with van der Waals surface area (Å²) in [6.07, 6.45) is 7.89. The Hall–Kier alpha value is -4.42. The van der Waals surface area contributed by atoms with Crippen LogP contribution >= 0.6 is 0 Å². The van der Waals surface area contributed by atoms with Gasteiger partial charge in [-0.3, -0.25) is 0 Å². The van der Waals surface area contributed by atoms with E-state index in [1.807, 2.05) is 32.9 Å². The first kappa shape index (κ1) is 30.1. The third-order valence-electron chi connectivity index (χ3n) is 5.90. The summed E-state index contributed by atoms with van der Waals surface area (Å²) in [6.45, 7) is 5.75. The van der Waals surface area contributed by atoms with Crippen molar-refractivity contribution in [1.82, 2.24) is 0 Å². The van der Waals surface area contributed by atoms with Crippen molar-refractivity contribution >= 4 is 31.6 Å². The van der Waals surface area contributed by atoms with E-state index in [0.717, 1.165) is 17.4 Å². The molecular formula is C28H28N4O6S2. The highest BCUT2D eigenvalue weighted by Crippen LogP contribution is 2.34. The molecule has 0 saturated heterocycles. The largest absolute Gasteiger partial charge is 0.387 e. The van der Waals surface area contributed by atoms with Crippen LogP contribution in [-0.4, -0.2) is 16.8 Å². The zero-order valence-corrected chi connectivity index (χ0v) is 23.6. The van der Waals surface area contributed by atoms with Crippen molar-refractivity contribution < 1.29 is 25.2 Å². The molecule has 0 unspecified atom stereocenters. The highest BCUT2D eigenvalue weighted by atomic mass is 32.2. The lowest BCUT2D eigenvalue weighted by molar-refractivity contribution is 0.443.